The lowest BCUT2D eigenvalue weighted by Crippen LogP contribution is -2.49. The number of piperidine rings is 1. The smallest absolute Gasteiger partial charge is 0.224 e. The predicted molar refractivity (Wildman–Crippen MR) is 91.8 cm³/mol. The highest BCUT2D eigenvalue weighted by molar-refractivity contribution is 5.79. The second-order valence-electron chi connectivity index (χ2n) is 6.59. The molecule has 2 saturated heterocycles. The van der Waals surface area contributed by atoms with Crippen LogP contribution >= 0.6 is 0 Å². The largest absolute Gasteiger partial charge is 0.379 e. The Bertz CT molecular complexity index is 521. The molecule has 1 aromatic heterocycles. The van der Waals surface area contributed by atoms with Crippen molar-refractivity contribution in [3.8, 4) is 0 Å². The minimum Gasteiger partial charge on any atom is -0.379 e. The maximum atomic E-state index is 12.5. The minimum absolute atomic E-state index is 0.0256. The Labute approximate surface area is 143 Å². The summed E-state index contributed by atoms with van der Waals surface area (Å²) < 4.78 is 5.38. The summed E-state index contributed by atoms with van der Waals surface area (Å²) in [6.45, 7) is 7.98. The van der Waals surface area contributed by atoms with Crippen molar-refractivity contribution < 1.29 is 9.53 Å². The molecule has 0 radical (unpaired) electrons. The van der Waals surface area contributed by atoms with Crippen molar-refractivity contribution in [2.75, 3.05) is 50.8 Å². The number of hydrogen-bond donors (Lipinski definition) is 1. The Morgan fingerprint density at radius 2 is 2.21 bits per heavy atom. The van der Waals surface area contributed by atoms with Crippen molar-refractivity contribution in [1.29, 1.82) is 0 Å². The second kappa shape index (κ2) is 8.39. The van der Waals surface area contributed by atoms with Crippen LogP contribution in [0, 0.1) is 5.92 Å². The van der Waals surface area contributed by atoms with E-state index in [9.17, 15) is 4.79 Å². The Morgan fingerprint density at radius 3 is 2.96 bits per heavy atom. The molecule has 7 heteroatoms. The number of anilines is 1. The van der Waals surface area contributed by atoms with Crippen molar-refractivity contribution in [3.63, 3.8) is 0 Å². The summed E-state index contributed by atoms with van der Waals surface area (Å²) in [7, 11) is 0. The van der Waals surface area contributed by atoms with E-state index in [0.29, 0.717) is 12.6 Å². The molecule has 0 spiro atoms. The van der Waals surface area contributed by atoms with Crippen molar-refractivity contribution in [1.82, 2.24) is 20.2 Å². The van der Waals surface area contributed by atoms with Gasteiger partial charge in [0.15, 0.2) is 0 Å². The standard InChI is InChI=1S/C17H27N5O2/c1-14(21-7-9-24-10-8-21)11-20-17(23)15-3-2-6-22(13-15)16-12-18-4-5-19-16/h4-5,12,14-15H,2-3,6-11,13H2,1H3,(H,20,23)/t14-,15-/m0/s1. The molecule has 0 aliphatic carbocycles. The Kier molecular flexibility index (Phi) is 5.98. The van der Waals surface area contributed by atoms with E-state index in [-0.39, 0.29) is 11.8 Å². The molecule has 0 bridgehead atoms. The van der Waals surface area contributed by atoms with E-state index in [4.69, 9.17) is 4.74 Å². The molecule has 24 heavy (non-hydrogen) atoms. The fourth-order valence-electron chi connectivity index (χ4n) is 3.39. The van der Waals surface area contributed by atoms with Gasteiger partial charge >= 0.3 is 0 Å². The number of nitrogens with zero attached hydrogens (tertiary/aromatic N) is 4. The van der Waals surface area contributed by atoms with Crippen molar-refractivity contribution >= 4 is 11.7 Å². The zero-order chi connectivity index (χ0) is 16.8. The van der Waals surface area contributed by atoms with Gasteiger partial charge in [0, 0.05) is 51.2 Å². The average Bonchev–Trinajstić information content (AvgIpc) is 2.67. The van der Waals surface area contributed by atoms with Crippen LogP contribution in [0.25, 0.3) is 0 Å². The molecule has 2 aliphatic rings. The van der Waals surface area contributed by atoms with Gasteiger partial charge in [-0.15, -0.1) is 0 Å². The summed E-state index contributed by atoms with van der Waals surface area (Å²) in [5.74, 6) is 1.04. The number of rotatable bonds is 5. The molecule has 132 valence electrons. The first kappa shape index (κ1) is 17.1. The molecule has 1 amide bonds. The van der Waals surface area contributed by atoms with Gasteiger partial charge in [-0.3, -0.25) is 14.7 Å². The average molecular weight is 333 g/mol. The highest BCUT2D eigenvalue weighted by atomic mass is 16.5. The molecular formula is C17H27N5O2. The number of amides is 1. The van der Waals surface area contributed by atoms with Crippen LogP contribution in [0.4, 0.5) is 5.82 Å². The third-order valence-corrected chi connectivity index (χ3v) is 4.91. The fraction of sp³-hybridized carbons (Fsp3) is 0.706. The van der Waals surface area contributed by atoms with Crippen LogP contribution in [-0.2, 0) is 9.53 Å². The van der Waals surface area contributed by atoms with Crippen LogP contribution in [0.3, 0.4) is 0 Å². The molecule has 2 aliphatic heterocycles. The number of morpholine rings is 1. The minimum atomic E-state index is 0.0256. The van der Waals surface area contributed by atoms with E-state index in [2.05, 4.69) is 32.0 Å². The number of carbonyl (C=O) groups is 1. The summed E-state index contributed by atoms with van der Waals surface area (Å²) in [5.41, 5.74) is 0. The summed E-state index contributed by atoms with van der Waals surface area (Å²) in [4.78, 5) is 25.5. The van der Waals surface area contributed by atoms with Crippen LogP contribution in [0.5, 0.6) is 0 Å². The van der Waals surface area contributed by atoms with Crippen LogP contribution in [0.2, 0.25) is 0 Å². The van der Waals surface area contributed by atoms with E-state index in [0.717, 1.165) is 58.1 Å². The van der Waals surface area contributed by atoms with Gasteiger partial charge in [0.25, 0.3) is 0 Å². The lowest BCUT2D eigenvalue weighted by molar-refractivity contribution is -0.125. The summed E-state index contributed by atoms with van der Waals surface area (Å²) >= 11 is 0. The molecule has 0 unspecified atom stereocenters. The van der Waals surface area contributed by atoms with Gasteiger partial charge < -0.3 is 15.0 Å². The molecular weight excluding hydrogens is 306 g/mol. The number of nitrogens with one attached hydrogen (secondary N) is 1. The van der Waals surface area contributed by atoms with Crippen molar-refractivity contribution in [2.45, 2.75) is 25.8 Å². The fourth-order valence-corrected chi connectivity index (χ4v) is 3.39. The van der Waals surface area contributed by atoms with Gasteiger partial charge in [-0.25, -0.2) is 4.98 Å². The van der Waals surface area contributed by atoms with Crippen molar-refractivity contribution in [3.05, 3.63) is 18.6 Å². The first-order valence-electron chi connectivity index (χ1n) is 8.84. The summed E-state index contributed by atoms with van der Waals surface area (Å²) in [5, 5.41) is 3.14. The number of aromatic nitrogens is 2. The van der Waals surface area contributed by atoms with E-state index in [1.807, 2.05) is 0 Å². The topological polar surface area (TPSA) is 70.6 Å². The van der Waals surface area contributed by atoms with E-state index < -0.39 is 0 Å². The Balaban J connectivity index is 1.47. The Morgan fingerprint density at radius 1 is 1.38 bits per heavy atom. The lowest BCUT2D eigenvalue weighted by Gasteiger charge is -2.34. The normalized spacial score (nSPS) is 23.7. The highest BCUT2D eigenvalue weighted by Crippen LogP contribution is 2.21. The lowest BCUT2D eigenvalue weighted by atomic mass is 9.97. The maximum absolute atomic E-state index is 12.5. The van der Waals surface area contributed by atoms with Crippen LogP contribution in [0.1, 0.15) is 19.8 Å². The van der Waals surface area contributed by atoms with Gasteiger partial charge in [-0.1, -0.05) is 0 Å². The third-order valence-electron chi connectivity index (χ3n) is 4.91. The van der Waals surface area contributed by atoms with E-state index in [1.54, 1.807) is 18.6 Å². The second-order valence-corrected chi connectivity index (χ2v) is 6.59. The zero-order valence-electron chi connectivity index (χ0n) is 14.4. The molecule has 2 fully saturated rings. The van der Waals surface area contributed by atoms with Gasteiger partial charge in [-0.05, 0) is 19.8 Å². The number of hydrogen-bond acceptors (Lipinski definition) is 6. The monoisotopic (exact) mass is 333 g/mol. The molecule has 7 nitrogen and oxygen atoms in total. The molecule has 1 N–H and O–H groups in total. The molecule has 3 heterocycles. The van der Waals surface area contributed by atoms with Gasteiger partial charge in [0.2, 0.25) is 5.91 Å². The molecule has 0 aromatic carbocycles. The summed E-state index contributed by atoms with van der Waals surface area (Å²) in [6, 6.07) is 0.345. The quantitative estimate of drug-likeness (QED) is 0.848. The van der Waals surface area contributed by atoms with Gasteiger partial charge in [0.05, 0.1) is 25.3 Å². The SMILES string of the molecule is C[C@@H](CNC(=O)[C@H]1CCCN(c2cnccn2)C1)N1CCOCC1. The van der Waals surface area contributed by atoms with Crippen LogP contribution in [0.15, 0.2) is 18.6 Å². The Hall–Kier alpha value is -1.73. The molecule has 0 saturated carbocycles. The van der Waals surface area contributed by atoms with Gasteiger partial charge in [-0.2, -0.15) is 0 Å². The number of carbonyl (C=O) groups excluding carboxylic acids is 1. The van der Waals surface area contributed by atoms with Gasteiger partial charge in [0.1, 0.15) is 5.82 Å². The number of ether oxygens (including phenoxy) is 1. The van der Waals surface area contributed by atoms with Crippen LogP contribution < -0.4 is 10.2 Å². The highest BCUT2D eigenvalue weighted by Gasteiger charge is 2.27. The van der Waals surface area contributed by atoms with Crippen LogP contribution in [-0.4, -0.2) is 72.8 Å². The maximum Gasteiger partial charge on any atom is 0.224 e. The first-order valence-corrected chi connectivity index (χ1v) is 8.84. The third kappa shape index (κ3) is 4.42. The first-order chi connectivity index (χ1) is 11.7. The predicted octanol–water partition coefficient (Wildman–Crippen LogP) is 0.530. The molecule has 1 aromatic rings. The zero-order valence-corrected chi connectivity index (χ0v) is 14.4. The van der Waals surface area contributed by atoms with Crippen molar-refractivity contribution in [2.24, 2.45) is 5.92 Å². The molecule has 2 atom stereocenters. The van der Waals surface area contributed by atoms with E-state index in [1.165, 1.54) is 0 Å². The van der Waals surface area contributed by atoms with E-state index >= 15 is 0 Å². The molecule has 3 rings (SSSR count). The summed E-state index contributed by atoms with van der Waals surface area (Å²) in [6.07, 6.45) is 7.08.